The van der Waals surface area contributed by atoms with Crippen molar-refractivity contribution in [2.75, 3.05) is 13.7 Å². The van der Waals surface area contributed by atoms with Gasteiger partial charge in [0, 0.05) is 12.3 Å². The molecule has 18 heavy (non-hydrogen) atoms. The molecule has 0 saturated heterocycles. The smallest absolute Gasteiger partial charge is 0.250 e. The molecule has 1 heterocycles. The van der Waals surface area contributed by atoms with Gasteiger partial charge in [-0.2, -0.15) is 0 Å². The number of hydrogen-bond donors (Lipinski definition) is 0. The zero-order chi connectivity index (χ0) is 12.8. The Bertz CT molecular complexity index is 545. The number of benzene rings is 1. The first-order chi connectivity index (χ1) is 8.79. The first-order valence-electron chi connectivity index (χ1n) is 5.72. The number of pyridine rings is 1. The third kappa shape index (κ3) is 3.13. The van der Waals surface area contributed by atoms with Crippen molar-refractivity contribution < 1.29 is 9.47 Å². The average Bonchev–Trinajstić information content (AvgIpc) is 2.42. The number of rotatable bonds is 5. The van der Waals surface area contributed by atoms with Gasteiger partial charge in [0.2, 0.25) is 0 Å². The Morgan fingerprint density at radius 1 is 1.06 bits per heavy atom. The minimum absolute atomic E-state index is 0.0177. The molecule has 2 aromatic rings. The lowest BCUT2D eigenvalue weighted by Crippen LogP contribution is -2.21. The molecule has 4 heteroatoms. The second kappa shape index (κ2) is 5.91. The minimum atomic E-state index is -0.0177. The van der Waals surface area contributed by atoms with E-state index in [9.17, 15) is 4.79 Å². The fraction of sp³-hybridized carbons (Fsp3) is 0.214. The molecule has 0 aliphatic carbocycles. The molecule has 0 saturated carbocycles. The molecule has 4 nitrogen and oxygen atoms in total. The van der Waals surface area contributed by atoms with Gasteiger partial charge in [0.15, 0.2) is 0 Å². The summed E-state index contributed by atoms with van der Waals surface area (Å²) in [6, 6.07) is 12.4. The monoisotopic (exact) mass is 245 g/mol. The molecule has 0 spiro atoms. The maximum Gasteiger partial charge on any atom is 0.250 e. The third-order valence-electron chi connectivity index (χ3n) is 2.56. The van der Waals surface area contributed by atoms with E-state index in [-0.39, 0.29) is 5.56 Å². The van der Waals surface area contributed by atoms with Crippen LogP contribution in [0.2, 0.25) is 0 Å². The van der Waals surface area contributed by atoms with E-state index in [2.05, 4.69) is 0 Å². The Labute approximate surface area is 105 Å². The summed E-state index contributed by atoms with van der Waals surface area (Å²) in [4.78, 5) is 11.4. The summed E-state index contributed by atoms with van der Waals surface area (Å²) in [6.07, 6.45) is 1.75. The van der Waals surface area contributed by atoms with Crippen LogP contribution in [0.4, 0.5) is 0 Å². The average molecular weight is 245 g/mol. The van der Waals surface area contributed by atoms with Gasteiger partial charge in [0.1, 0.15) is 18.1 Å². The van der Waals surface area contributed by atoms with Crippen LogP contribution in [0.25, 0.3) is 0 Å². The lowest BCUT2D eigenvalue weighted by Gasteiger charge is -2.08. The van der Waals surface area contributed by atoms with Crippen molar-refractivity contribution in [1.82, 2.24) is 4.57 Å². The van der Waals surface area contributed by atoms with E-state index in [0.717, 1.165) is 11.5 Å². The zero-order valence-corrected chi connectivity index (χ0v) is 10.2. The highest BCUT2D eigenvalue weighted by atomic mass is 16.5. The summed E-state index contributed by atoms with van der Waals surface area (Å²) in [5.41, 5.74) is -0.0177. The van der Waals surface area contributed by atoms with E-state index in [1.165, 1.54) is 6.07 Å². The predicted octanol–water partition coefficient (Wildman–Crippen LogP) is 1.94. The summed E-state index contributed by atoms with van der Waals surface area (Å²) >= 11 is 0. The molecule has 0 fully saturated rings. The van der Waals surface area contributed by atoms with Gasteiger partial charge in [-0.15, -0.1) is 0 Å². The van der Waals surface area contributed by atoms with E-state index in [1.54, 1.807) is 23.9 Å². The molecule has 0 bridgehead atoms. The van der Waals surface area contributed by atoms with Crippen molar-refractivity contribution in [3.8, 4) is 11.5 Å². The van der Waals surface area contributed by atoms with Crippen molar-refractivity contribution in [2.45, 2.75) is 6.54 Å². The van der Waals surface area contributed by atoms with Gasteiger partial charge in [0.25, 0.3) is 5.56 Å². The molecule has 0 N–H and O–H groups in total. The molecule has 0 aliphatic rings. The van der Waals surface area contributed by atoms with E-state index in [4.69, 9.17) is 9.47 Å². The second-order valence-electron chi connectivity index (χ2n) is 3.76. The SMILES string of the molecule is COc1ccc(OCCn2ccccc2=O)cc1. The molecular formula is C14H15NO3. The van der Waals surface area contributed by atoms with Crippen LogP contribution in [0.15, 0.2) is 53.5 Å². The molecule has 0 atom stereocenters. The number of nitrogens with zero attached hydrogens (tertiary/aromatic N) is 1. The molecule has 0 aliphatic heterocycles. The highest BCUT2D eigenvalue weighted by Crippen LogP contribution is 2.16. The van der Waals surface area contributed by atoms with E-state index in [1.807, 2.05) is 30.3 Å². The largest absolute Gasteiger partial charge is 0.497 e. The fourth-order valence-electron chi connectivity index (χ4n) is 1.58. The molecule has 1 aromatic carbocycles. The Morgan fingerprint density at radius 2 is 1.78 bits per heavy atom. The molecule has 1 aromatic heterocycles. The van der Waals surface area contributed by atoms with Crippen molar-refractivity contribution in [3.05, 3.63) is 59.0 Å². The molecule has 94 valence electrons. The number of methoxy groups -OCH3 is 1. The van der Waals surface area contributed by atoms with Gasteiger partial charge < -0.3 is 14.0 Å². The van der Waals surface area contributed by atoms with Gasteiger partial charge in [-0.3, -0.25) is 4.79 Å². The summed E-state index contributed by atoms with van der Waals surface area (Å²) in [6.45, 7) is 0.988. The van der Waals surface area contributed by atoms with Crippen LogP contribution in [-0.4, -0.2) is 18.3 Å². The molecule has 2 rings (SSSR count). The third-order valence-corrected chi connectivity index (χ3v) is 2.56. The Balaban J connectivity index is 1.88. The van der Waals surface area contributed by atoms with Crippen LogP contribution in [0, 0.1) is 0 Å². The van der Waals surface area contributed by atoms with Gasteiger partial charge in [-0.05, 0) is 30.3 Å². The predicted molar refractivity (Wildman–Crippen MR) is 69.2 cm³/mol. The zero-order valence-electron chi connectivity index (χ0n) is 10.2. The van der Waals surface area contributed by atoms with E-state index < -0.39 is 0 Å². The fourth-order valence-corrected chi connectivity index (χ4v) is 1.58. The molecule has 0 amide bonds. The highest BCUT2D eigenvalue weighted by molar-refractivity contribution is 5.31. The van der Waals surface area contributed by atoms with Crippen molar-refractivity contribution >= 4 is 0 Å². The van der Waals surface area contributed by atoms with Gasteiger partial charge in [-0.1, -0.05) is 6.07 Å². The van der Waals surface area contributed by atoms with E-state index >= 15 is 0 Å². The van der Waals surface area contributed by atoms with Crippen LogP contribution in [0.5, 0.6) is 11.5 Å². The van der Waals surface area contributed by atoms with Gasteiger partial charge in [-0.25, -0.2) is 0 Å². The van der Waals surface area contributed by atoms with Crippen molar-refractivity contribution in [3.63, 3.8) is 0 Å². The lowest BCUT2D eigenvalue weighted by molar-refractivity contribution is 0.296. The second-order valence-corrected chi connectivity index (χ2v) is 3.76. The molecular weight excluding hydrogens is 230 g/mol. The Hall–Kier alpha value is -2.23. The molecule has 0 unspecified atom stereocenters. The Kier molecular flexibility index (Phi) is 4.02. The van der Waals surface area contributed by atoms with Crippen LogP contribution in [0.3, 0.4) is 0 Å². The number of hydrogen-bond acceptors (Lipinski definition) is 3. The van der Waals surface area contributed by atoms with Crippen molar-refractivity contribution in [2.24, 2.45) is 0 Å². The summed E-state index contributed by atoms with van der Waals surface area (Å²) in [5, 5.41) is 0. The number of aromatic nitrogens is 1. The quantitative estimate of drug-likeness (QED) is 0.808. The maximum atomic E-state index is 11.4. The van der Waals surface area contributed by atoms with Crippen LogP contribution in [0.1, 0.15) is 0 Å². The lowest BCUT2D eigenvalue weighted by atomic mass is 10.3. The van der Waals surface area contributed by atoms with Crippen LogP contribution in [-0.2, 0) is 6.54 Å². The van der Waals surface area contributed by atoms with E-state index in [0.29, 0.717) is 13.2 Å². The standard InChI is InChI=1S/C14H15NO3/c1-17-12-5-7-13(8-6-12)18-11-10-15-9-3-2-4-14(15)16/h2-9H,10-11H2,1H3. The topological polar surface area (TPSA) is 40.5 Å². The van der Waals surface area contributed by atoms with Crippen LogP contribution < -0.4 is 15.0 Å². The highest BCUT2D eigenvalue weighted by Gasteiger charge is 1.97. The first kappa shape index (κ1) is 12.2. The molecule has 0 radical (unpaired) electrons. The number of ether oxygens (including phenoxy) is 2. The van der Waals surface area contributed by atoms with Gasteiger partial charge in [0.05, 0.1) is 13.7 Å². The minimum Gasteiger partial charge on any atom is -0.497 e. The Morgan fingerprint density at radius 3 is 2.44 bits per heavy atom. The maximum absolute atomic E-state index is 11.4. The first-order valence-corrected chi connectivity index (χ1v) is 5.72. The summed E-state index contributed by atoms with van der Waals surface area (Å²) in [5.74, 6) is 1.56. The van der Waals surface area contributed by atoms with Gasteiger partial charge >= 0.3 is 0 Å². The van der Waals surface area contributed by atoms with Crippen molar-refractivity contribution in [1.29, 1.82) is 0 Å². The summed E-state index contributed by atoms with van der Waals surface area (Å²) < 4.78 is 12.2. The van der Waals surface area contributed by atoms with Crippen LogP contribution >= 0.6 is 0 Å². The normalized spacial score (nSPS) is 10.1. The summed E-state index contributed by atoms with van der Waals surface area (Å²) in [7, 11) is 1.62.